The number of aromatic hydroxyl groups is 2. The van der Waals surface area contributed by atoms with Crippen LogP contribution in [0.25, 0.3) is 0 Å². The molecule has 0 aromatic heterocycles. The molecule has 146 valence electrons. The van der Waals surface area contributed by atoms with E-state index in [1.165, 1.54) is 0 Å². The van der Waals surface area contributed by atoms with Crippen LogP contribution in [0.3, 0.4) is 0 Å². The number of halogens is 1. The minimum absolute atomic E-state index is 0. The van der Waals surface area contributed by atoms with Crippen LogP contribution in [0, 0.1) is 0 Å². The molecule has 0 fully saturated rings. The first-order valence-corrected chi connectivity index (χ1v) is 9.14. The zero-order chi connectivity index (χ0) is 18.5. The molecule has 5 nitrogen and oxygen atoms in total. The number of benzene rings is 2. The SMILES string of the molecule is CCCCOC(=O)c1c(O)c(O)cc2c1CCNCC2c1ccccc1.Cl. The largest absolute Gasteiger partial charge is 0.504 e. The van der Waals surface area contributed by atoms with E-state index >= 15 is 0 Å². The summed E-state index contributed by atoms with van der Waals surface area (Å²) in [5.74, 6) is -1.26. The normalized spacial score (nSPS) is 16.0. The van der Waals surface area contributed by atoms with Crippen LogP contribution in [-0.2, 0) is 11.2 Å². The van der Waals surface area contributed by atoms with E-state index in [0.29, 0.717) is 26.1 Å². The van der Waals surface area contributed by atoms with E-state index in [-0.39, 0.29) is 35.4 Å². The lowest BCUT2D eigenvalue weighted by molar-refractivity contribution is 0.0494. The lowest BCUT2D eigenvalue weighted by atomic mass is 9.85. The van der Waals surface area contributed by atoms with Crippen molar-refractivity contribution in [1.29, 1.82) is 0 Å². The molecule has 3 rings (SSSR count). The molecule has 0 radical (unpaired) electrons. The maximum absolute atomic E-state index is 12.6. The molecule has 1 atom stereocenters. The van der Waals surface area contributed by atoms with Crippen molar-refractivity contribution < 1.29 is 19.7 Å². The van der Waals surface area contributed by atoms with Crippen LogP contribution < -0.4 is 5.32 Å². The molecule has 0 aliphatic carbocycles. The van der Waals surface area contributed by atoms with Gasteiger partial charge in [-0.25, -0.2) is 4.79 Å². The van der Waals surface area contributed by atoms with Gasteiger partial charge in [-0.1, -0.05) is 43.7 Å². The average molecular weight is 392 g/mol. The average Bonchev–Trinajstić information content (AvgIpc) is 2.86. The Kier molecular flexibility index (Phi) is 7.51. The Bertz CT molecular complexity index is 779. The molecular weight excluding hydrogens is 366 g/mol. The summed E-state index contributed by atoms with van der Waals surface area (Å²) in [4.78, 5) is 12.6. The Morgan fingerprint density at radius 2 is 2.00 bits per heavy atom. The number of phenols is 2. The fourth-order valence-corrected chi connectivity index (χ4v) is 3.45. The first kappa shape index (κ1) is 21.1. The number of phenolic OH excluding ortho intramolecular Hbond substituents is 2. The summed E-state index contributed by atoms with van der Waals surface area (Å²) in [5.41, 5.74) is 2.80. The van der Waals surface area contributed by atoms with E-state index in [1.54, 1.807) is 6.07 Å². The summed E-state index contributed by atoms with van der Waals surface area (Å²) in [6.45, 7) is 3.71. The highest BCUT2D eigenvalue weighted by molar-refractivity contribution is 5.95. The van der Waals surface area contributed by atoms with Crippen molar-refractivity contribution in [3.63, 3.8) is 0 Å². The zero-order valence-electron chi connectivity index (χ0n) is 15.4. The quantitative estimate of drug-likeness (QED) is 0.411. The summed E-state index contributed by atoms with van der Waals surface area (Å²) in [7, 11) is 0. The van der Waals surface area contributed by atoms with Crippen molar-refractivity contribution >= 4 is 18.4 Å². The fraction of sp³-hybridized carbons (Fsp3) is 0.381. The van der Waals surface area contributed by atoms with Gasteiger partial charge in [0.15, 0.2) is 11.5 Å². The van der Waals surface area contributed by atoms with Crippen LogP contribution in [0.5, 0.6) is 11.5 Å². The monoisotopic (exact) mass is 391 g/mol. The highest BCUT2D eigenvalue weighted by atomic mass is 35.5. The fourth-order valence-electron chi connectivity index (χ4n) is 3.45. The minimum atomic E-state index is -0.572. The number of esters is 1. The molecule has 0 amide bonds. The Balaban J connectivity index is 0.00000261. The maximum atomic E-state index is 12.6. The standard InChI is InChI=1S/C21H25NO4.ClH/c1-2-3-11-26-21(25)19-15-9-10-22-13-17(14-7-5-4-6-8-14)16(15)12-18(23)20(19)24;/h4-8,12,17,22-24H,2-3,9-11,13H2,1H3;1H. The van der Waals surface area contributed by atoms with E-state index in [1.807, 2.05) is 37.3 Å². The van der Waals surface area contributed by atoms with E-state index < -0.39 is 5.97 Å². The first-order chi connectivity index (χ1) is 12.6. The second-order valence-electron chi connectivity index (χ2n) is 6.59. The summed E-state index contributed by atoms with van der Waals surface area (Å²) < 4.78 is 5.32. The van der Waals surface area contributed by atoms with Gasteiger partial charge < -0.3 is 20.3 Å². The number of rotatable bonds is 5. The van der Waals surface area contributed by atoms with Crippen molar-refractivity contribution in [1.82, 2.24) is 5.32 Å². The lowest BCUT2D eigenvalue weighted by Crippen LogP contribution is -2.20. The van der Waals surface area contributed by atoms with Crippen molar-refractivity contribution in [2.75, 3.05) is 19.7 Å². The van der Waals surface area contributed by atoms with Gasteiger partial charge >= 0.3 is 5.97 Å². The van der Waals surface area contributed by atoms with Crippen LogP contribution in [0.4, 0.5) is 0 Å². The Morgan fingerprint density at radius 1 is 1.26 bits per heavy atom. The summed E-state index contributed by atoms with van der Waals surface area (Å²) in [5, 5.41) is 24.0. The van der Waals surface area contributed by atoms with Crippen LogP contribution in [0.15, 0.2) is 36.4 Å². The van der Waals surface area contributed by atoms with Crippen LogP contribution in [-0.4, -0.2) is 35.9 Å². The van der Waals surface area contributed by atoms with E-state index in [0.717, 1.165) is 29.5 Å². The number of carbonyl (C=O) groups is 1. The van der Waals surface area contributed by atoms with Gasteiger partial charge in [0.25, 0.3) is 0 Å². The number of fused-ring (bicyclic) bond motifs is 1. The van der Waals surface area contributed by atoms with Crippen molar-refractivity contribution in [2.24, 2.45) is 0 Å². The topological polar surface area (TPSA) is 78.8 Å². The third-order valence-electron chi connectivity index (χ3n) is 4.83. The predicted molar refractivity (Wildman–Crippen MR) is 107 cm³/mol. The number of hydrogen-bond acceptors (Lipinski definition) is 5. The van der Waals surface area contributed by atoms with E-state index in [9.17, 15) is 15.0 Å². The number of unbranched alkanes of at least 4 members (excludes halogenated alkanes) is 1. The second kappa shape index (κ2) is 9.62. The molecule has 6 heteroatoms. The second-order valence-corrected chi connectivity index (χ2v) is 6.59. The maximum Gasteiger partial charge on any atom is 0.342 e. The molecule has 0 bridgehead atoms. The van der Waals surface area contributed by atoms with Gasteiger partial charge in [0.1, 0.15) is 5.56 Å². The van der Waals surface area contributed by atoms with Gasteiger partial charge in [-0.3, -0.25) is 0 Å². The summed E-state index contributed by atoms with van der Waals surface area (Å²) >= 11 is 0. The lowest BCUT2D eigenvalue weighted by Gasteiger charge is -2.21. The third-order valence-corrected chi connectivity index (χ3v) is 4.83. The van der Waals surface area contributed by atoms with Crippen molar-refractivity contribution in [2.45, 2.75) is 32.1 Å². The van der Waals surface area contributed by atoms with Crippen LogP contribution >= 0.6 is 12.4 Å². The highest BCUT2D eigenvalue weighted by Crippen LogP contribution is 2.40. The number of hydrogen-bond donors (Lipinski definition) is 3. The van der Waals surface area contributed by atoms with Gasteiger partial charge in [0, 0.05) is 12.5 Å². The molecule has 3 N–H and O–H groups in total. The molecule has 1 aliphatic heterocycles. The van der Waals surface area contributed by atoms with Gasteiger partial charge in [-0.2, -0.15) is 0 Å². The summed E-state index contributed by atoms with van der Waals surface area (Å²) in [6, 6.07) is 11.5. The van der Waals surface area contributed by atoms with Crippen LogP contribution in [0.2, 0.25) is 0 Å². The van der Waals surface area contributed by atoms with Gasteiger partial charge in [0.2, 0.25) is 0 Å². The molecule has 0 saturated carbocycles. The molecule has 2 aromatic rings. The number of nitrogens with one attached hydrogen (secondary N) is 1. The molecule has 1 aliphatic rings. The molecule has 0 spiro atoms. The molecular formula is C21H26ClNO4. The predicted octanol–water partition coefficient (Wildman–Crippen LogP) is 3.75. The zero-order valence-corrected chi connectivity index (χ0v) is 16.2. The molecule has 1 unspecified atom stereocenters. The van der Waals surface area contributed by atoms with Gasteiger partial charge in [-0.15, -0.1) is 12.4 Å². The Labute approximate surface area is 165 Å². The number of ether oxygens (including phenoxy) is 1. The van der Waals surface area contributed by atoms with E-state index in [2.05, 4.69) is 5.32 Å². The van der Waals surface area contributed by atoms with Gasteiger partial charge in [-0.05, 0) is 42.1 Å². The molecule has 0 saturated heterocycles. The molecule has 2 aromatic carbocycles. The van der Waals surface area contributed by atoms with Gasteiger partial charge in [0.05, 0.1) is 6.61 Å². The smallest absolute Gasteiger partial charge is 0.342 e. The first-order valence-electron chi connectivity index (χ1n) is 9.14. The van der Waals surface area contributed by atoms with E-state index in [4.69, 9.17) is 4.74 Å². The number of carbonyl (C=O) groups excluding carboxylic acids is 1. The Morgan fingerprint density at radius 3 is 2.70 bits per heavy atom. The summed E-state index contributed by atoms with van der Waals surface area (Å²) in [6.07, 6.45) is 2.27. The van der Waals surface area contributed by atoms with Crippen molar-refractivity contribution in [3.8, 4) is 11.5 Å². The highest BCUT2D eigenvalue weighted by Gasteiger charge is 2.29. The Hall–Kier alpha value is -2.24. The van der Waals surface area contributed by atoms with Crippen molar-refractivity contribution in [3.05, 3.63) is 58.7 Å². The third kappa shape index (κ3) is 4.54. The van der Waals surface area contributed by atoms with Crippen LogP contribution in [0.1, 0.15) is 52.7 Å². The molecule has 27 heavy (non-hydrogen) atoms. The minimum Gasteiger partial charge on any atom is -0.504 e. The molecule has 1 heterocycles.